The van der Waals surface area contributed by atoms with Gasteiger partial charge in [0.15, 0.2) is 5.78 Å². The third-order valence-electron chi connectivity index (χ3n) is 2.53. The van der Waals surface area contributed by atoms with Crippen molar-refractivity contribution in [3.05, 3.63) is 70.2 Å². The molecule has 2 rings (SSSR count). The molecule has 2 aromatic rings. The van der Waals surface area contributed by atoms with Crippen LogP contribution < -0.4 is 0 Å². The SMILES string of the molecule is O=C(Cc1cc(Cl)ccc1F)c1ccccc1F. The first-order chi connectivity index (χ1) is 8.58. The summed E-state index contributed by atoms with van der Waals surface area (Å²) < 4.78 is 26.8. The molecule has 0 fully saturated rings. The average molecular weight is 267 g/mol. The maximum absolute atomic E-state index is 13.4. The maximum atomic E-state index is 13.4. The van der Waals surface area contributed by atoms with Gasteiger partial charge in [-0.25, -0.2) is 8.78 Å². The zero-order valence-corrected chi connectivity index (χ0v) is 10.0. The van der Waals surface area contributed by atoms with E-state index in [1.165, 1.54) is 36.4 Å². The van der Waals surface area contributed by atoms with Gasteiger partial charge in [0.2, 0.25) is 0 Å². The highest BCUT2D eigenvalue weighted by Crippen LogP contribution is 2.18. The van der Waals surface area contributed by atoms with Crippen LogP contribution in [0, 0.1) is 11.6 Å². The molecule has 2 aromatic carbocycles. The standard InChI is InChI=1S/C14H9ClF2O/c15-10-5-6-12(16)9(7-10)8-14(18)11-3-1-2-4-13(11)17/h1-7H,8H2. The fourth-order valence-corrected chi connectivity index (χ4v) is 1.83. The predicted molar refractivity (Wildman–Crippen MR) is 65.8 cm³/mol. The largest absolute Gasteiger partial charge is 0.294 e. The fraction of sp³-hybridized carbons (Fsp3) is 0.0714. The van der Waals surface area contributed by atoms with Gasteiger partial charge >= 0.3 is 0 Å². The van der Waals surface area contributed by atoms with E-state index in [4.69, 9.17) is 11.6 Å². The Morgan fingerprint density at radius 2 is 1.78 bits per heavy atom. The van der Waals surface area contributed by atoms with Crippen LogP contribution in [0.5, 0.6) is 0 Å². The first-order valence-corrected chi connectivity index (χ1v) is 5.67. The minimum absolute atomic E-state index is 0.0446. The molecule has 0 spiro atoms. The van der Waals surface area contributed by atoms with Gasteiger partial charge in [-0.1, -0.05) is 23.7 Å². The molecular weight excluding hydrogens is 258 g/mol. The highest BCUT2D eigenvalue weighted by Gasteiger charge is 2.14. The predicted octanol–water partition coefficient (Wildman–Crippen LogP) is 4.04. The van der Waals surface area contributed by atoms with Crippen LogP contribution in [0.2, 0.25) is 5.02 Å². The van der Waals surface area contributed by atoms with Crippen molar-refractivity contribution in [2.24, 2.45) is 0 Å². The minimum atomic E-state index is -0.607. The Labute approximate surface area is 108 Å². The van der Waals surface area contributed by atoms with Crippen LogP contribution in [-0.2, 0) is 6.42 Å². The number of carbonyl (C=O) groups is 1. The van der Waals surface area contributed by atoms with E-state index in [1.54, 1.807) is 6.07 Å². The second kappa shape index (κ2) is 5.27. The quantitative estimate of drug-likeness (QED) is 0.766. The zero-order valence-electron chi connectivity index (χ0n) is 9.29. The smallest absolute Gasteiger partial charge is 0.170 e. The molecule has 92 valence electrons. The third kappa shape index (κ3) is 2.74. The summed E-state index contributed by atoms with van der Waals surface area (Å²) >= 11 is 5.73. The molecule has 0 aliphatic carbocycles. The zero-order chi connectivity index (χ0) is 13.1. The molecule has 0 bridgehead atoms. The van der Waals surface area contributed by atoms with E-state index in [0.717, 1.165) is 0 Å². The van der Waals surface area contributed by atoms with Crippen LogP contribution in [0.1, 0.15) is 15.9 Å². The number of Topliss-reactive ketones (excluding diaryl/α,β-unsaturated/α-hetero) is 1. The number of hydrogen-bond acceptors (Lipinski definition) is 1. The second-order valence-corrected chi connectivity index (χ2v) is 4.25. The maximum Gasteiger partial charge on any atom is 0.170 e. The Kier molecular flexibility index (Phi) is 3.72. The lowest BCUT2D eigenvalue weighted by Gasteiger charge is -2.04. The van der Waals surface area contributed by atoms with Gasteiger partial charge in [0.1, 0.15) is 11.6 Å². The third-order valence-corrected chi connectivity index (χ3v) is 2.77. The van der Waals surface area contributed by atoms with Crippen molar-refractivity contribution in [3.8, 4) is 0 Å². The van der Waals surface area contributed by atoms with Crippen molar-refractivity contribution >= 4 is 17.4 Å². The van der Waals surface area contributed by atoms with Gasteiger partial charge in [0.25, 0.3) is 0 Å². The highest BCUT2D eigenvalue weighted by atomic mass is 35.5. The van der Waals surface area contributed by atoms with Gasteiger partial charge in [0, 0.05) is 11.4 Å². The molecule has 0 atom stereocenters. The van der Waals surface area contributed by atoms with Crippen molar-refractivity contribution in [3.63, 3.8) is 0 Å². The Bertz CT molecular complexity index is 596. The van der Waals surface area contributed by atoms with E-state index in [9.17, 15) is 13.6 Å². The Morgan fingerprint density at radius 1 is 1.06 bits per heavy atom. The lowest BCUT2D eigenvalue weighted by molar-refractivity contribution is 0.0988. The first-order valence-electron chi connectivity index (χ1n) is 5.29. The minimum Gasteiger partial charge on any atom is -0.294 e. The molecule has 0 amide bonds. The summed E-state index contributed by atoms with van der Waals surface area (Å²) in [5.74, 6) is -1.61. The van der Waals surface area contributed by atoms with E-state index in [2.05, 4.69) is 0 Å². The Hall–Kier alpha value is -1.74. The number of halogens is 3. The lowest BCUT2D eigenvalue weighted by Crippen LogP contribution is -2.07. The Balaban J connectivity index is 2.27. The fourth-order valence-electron chi connectivity index (χ4n) is 1.63. The van der Waals surface area contributed by atoms with Crippen molar-refractivity contribution in [1.82, 2.24) is 0 Å². The van der Waals surface area contributed by atoms with Gasteiger partial charge in [-0.05, 0) is 35.9 Å². The second-order valence-electron chi connectivity index (χ2n) is 3.82. The van der Waals surface area contributed by atoms with Crippen LogP contribution in [-0.4, -0.2) is 5.78 Å². The van der Waals surface area contributed by atoms with Crippen LogP contribution in [0.15, 0.2) is 42.5 Å². The molecule has 0 aromatic heterocycles. The number of hydrogen-bond donors (Lipinski definition) is 0. The number of rotatable bonds is 3. The summed E-state index contributed by atoms with van der Waals surface area (Å²) in [5, 5.41) is 0.340. The summed E-state index contributed by atoms with van der Waals surface area (Å²) in [6, 6.07) is 9.58. The number of carbonyl (C=O) groups excluding carboxylic acids is 1. The Morgan fingerprint density at radius 3 is 2.50 bits per heavy atom. The molecule has 0 N–H and O–H groups in total. The number of ketones is 1. The van der Waals surface area contributed by atoms with Crippen LogP contribution in [0.4, 0.5) is 8.78 Å². The molecular formula is C14H9ClF2O. The van der Waals surface area contributed by atoms with E-state index in [1.807, 2.05) is 0 Å². The van der Waals surface area contributed by atoms with Crippen molar-refractivity contribution in [1.29, 1.82) is 0 Å². The molecule has 0 aliphatic rings. The van der Waals surface area contributed by atoms with E-state index < -0.39 is 17.4 Å². The van der Waals surface area contributed by atoms with Crippen molar-refractivity contribution in [2.75, 3.05) is 0 Å². The van der Waals surface area contributed by atoms with Gasteiger partial charge in [-0.2, -0.15) is 0 Å². The summed E-state index contributed by atoms with van der Waals surface area (Å²) in [5.41, 5.74) is 0.118. The highest BCUT2D eigenvalue weighted by molar-refractivity contribution is 6.30. The summed E-state index contributed by atoms with van der Waals surface area (Å²) in [6.07, 6.45) is -0.215. The van der Waals surface area contributed by atoms with E-state index >= 15 is 0 Å². The van der Waals surface area contributed by atoms with E-state index in [0.29, 0.717) is 5.02 Å². The normalized spacial score (nSPS) is 10.4. The molecule has 0 saturated carbocycles. The van der Waals surface area contributed by atoms with Gasteiger partial charge in [-0.3, -0.25) is 4.79 Å². The molecule has 0 radical (unpaired) electrons. The van der Waals surface area contributed by atoms with E-state index in [-0.39, 0.29) is 17.5 Å². The topological polar surface area (TPSA) is 17.1 Å². The van der Waals surface area contributed by atoms with Gasteiger partial charge in [0.05, 0.1) is 5.56 Å². The van der Waals surface area contributed by atoms with Crippen LogP contribution in [0.25, 0.3) is 0 Å². The average Bonchev–Trinajstić information content (AvgIpc) is 2.34. The van der Waals surface area contributed by atoms with Gasteiger partial charge in [-0.15, -0.1) is 0 Å². The summed E-state index contributed by atoms with van der Waals surface area (Å²) in [4.78, 5) is 11.8. The van der Waals surface area contributed by atoms with Gasteiger partial charge < -0.3 is 0 Å². The van der Waals surface area contributed by atoms with Crippen LogP contribution >= 0.6 is 11.6 Å². The molecule has 0 saturated heterocycles. The summed E-state index contributed by atoms with van der Waals surface area (Å²) in [7, 11) is 0. The van der Waals surface area contributed by atoms with Crippen molar-refractivity contribution in [2.45, 2.75) is 6.42 Å². The molecule has 18 heavy (non-hydrogen) atoms. The molecule has 0 heterocycles. The molecule has 0 aliphatic heterocycles. The summed E-state index contributed by atoms with van der Waals surface area (Å²) in [6.45, 7) is 0. The van der Waals surface area contributed by atoms with Crippen LogP contribution in [0.3, 0.4) is 0 Å². The lowest BCUT2D eigenvalue weighted by atomic mass is 10.0. The van der Waals surface area contributed by atoms with Crippen molar-refractivity contribution < 1.29 is 13.6 Å². The molecule has 4 heteroatoms. The molecule has 1 nitrogen and oxygen atoms in total. The monoisotopic (exact) mass is 266 g/mol. The first kappa shape index (κ1) is 12.7. The molecule has 0 unspecified atom stereocenters. The number of benzene rings is 2.